The van der Waals surface area contributed by atoms with E-state index in [9.17, 15) is 9.18 Å². The van der Waals surface area contributed by atoms with Gasteiger partial charge in [0.2, 0.25) is 0 Å². The molecular weight excluding hydrogens is 219 g/mol. The number of hydrogen-bond acceptors (Lipinski definition) is 2. The average Bonchev–Trinajstić information content (AvgIpc) is 2.64. The van der Waals surface area contributed by atoms with Crippen molar-refractivity contribution in [3.8, 4) is 0 Å². The number of carbonyl (C=O) groups excluding carboxylic acids is 1. The highest BCUT2D eigenvalue weighted by atomic mass is 19.1. The number of nitrogens with zero attached hydrogens (tertiary/aromatic N) is 2. The van der Waals surface area contributed by atoms with Crippen molar-refractivity contribution in [1.82, 2.24) is 9.38 Å². The van der Waals surface area contributed by atoms with Crippen molar-refractivity contribution in [3.63, 3.8) is 0 Å². The zero-order valence-corrected chi connectivity index (χ0v) is 9.14. The zero-order valence-electron chi connectivity index (χ0n) is 9.14. The first kappa shape index (κ1) is 9.96. The third-order valence-corrected chi connectivity index (χ3v) is 2.88. The van der Waals surface area contributed by atoms with E-state index in [1.165, 1.54) is 12.1 Å². The van der Waals surface area contributed by atoms with Crippen LogP contribution < -0.4 is 0 Å². The van der Waals surface area contributed by atoms with E-state index in [0.717, 1.165) is 11.7 Å². The monoisotopic (exact) mass is 228 g/mol. The highest BCUT2D eigenvalue weighted by Gasteiger charge is 2.10. The van der Waals surface area contributed by atoms with Crippen molar-refractivity contribution in [2.45, 2.75) is 6.92 Å². The number of carbonyl (C=O) groups is 1. The van der Waals surface area contributed by atoms with Gasteiger partial charge in [0, 0.05) is 0 Å². The first-order valence-electron chi connectivity index (χ1n) is 5.23. The van der Waals surface area contributed by atoms with Gasteiger partial charge in [-0.15, -0.1) is 0 Å². The summed E-state index contributed by atoms with van der Waals surface area (Å²) in [6.45, 7) is 1.77. The van der Waals surface area contributed by atoms with E-state index in [1.54, 1.807) is 17.4 Å². The summed E-state index contributed by atoms with van der Waals surface area (Å²) in [6.07, 6.45) is 0.750. The molecule has 1 aromatic carbocycles. The smallest absolute Gasteiger partial charge is 0.168 e. The molecule has 0 saturated carbocycles. The number of hydrogen-bond donors (Lipinski definition) is 0. The number of halogens is 1. The Morgan fingerprint density at radius 3 is 2.82 bits per heavy atom. The van der Waals surface area contributed by atoms with Crippen LogP contribution in [-0.4, -0.2) is 15.7 Å². The predicted molar refractivity (Wildman–Crippen MR) is 62.8 cm³/mol. The second-order valence-electron chi connectivity index (χ2n) is 3.93. The molecule has 2 aromatic heterocycles. The molecule has 0 unspecified atom stereocenters. The number of aryl methyl sites for hydroxylation is 1. The van der Waals surface area contributed by atoms with Gasteiger partial charge in [-0.25, -0.2) is 9.37 Å². The molecule has 0 saturated heterocycles. The summed E-state index contributed by atoms with van der Waals surface area (Å²) in [5.74, 6) is -0.326. The molecule has 2 heterocycles. The fourth-order valence-corrected chi connectivity index (χ4v) is 2.08. The summed E-state index contributed by atoms with van der Waals surface area (Å²) in [7, 11) is 0. The van der Waals surface area contributed by atoms with Gasteiger partial charge in [0.25, 0.3) is 0 Å². The molecule has 3 rings (SSSR count). The Bertz CT molecular complexity index is 746. The molecule has 0 aliphatic rings. The van der Waals surface area contributed by atoms with Crippen LogP contribution in [0.2, 0.25) is 0 Å². The number of aldehydes is 1. The van der Waals surface area contributed by atoms with E-state index in [1.807, 2.05) is 12.1 Å². The summed E-state index contributed by atoms with van der Waals surface area (Å²) in [4.78, 5) is 15.3. The van der Waals surface area contributed by atoms with Gasteiger partial charge >= 0.3 is 0 Å². The molecule has 0 N–H and O–H groups in total. The van der Waals surface area contributed by atoms with Crippen LogP contribution in [0.1, 0.15) is 16.2 Å². The first-order chi connectivity index (χ1) is 8.20. The topological polar surface area (TPSA) is 34.4 Å². The zero-order chi connectivity index (χ0) is 12.0. The molecule has 0 spiro atoms. The van der Waals surface area contributed by atoms with E-state index >= 15 is 0 Å². The number of pyridine rings is 1. The SMILES string of the molecule is Cc1nc2ccc3ccc(F)cc3n2c1C=O. The van der Waals surface area contributed by atoms with Crippen molar-refractivity contribution < 1.29 is 9.18 Å². The van der Waals surface area contributed by atoms with Gasteiger partial charge < -0.3 is 0 Å². The van der Waals surface area contributed by atoms with Crippen LogP contribution in [0.25, 0.3) is 16.6 Å². The minimum atomic E-state index is -0.326. The number of benzene rings is 1. The number of imidazole rings is 1. The molecule has 0 amide bonds. The Morgan fingerprint density at radius 2 is 2.06 bits per heavy atom. The van der Waals surface area contributed by atoms with Crippen molar-refractivity contribution in [1.29, 1.82) is 0 Å². The van der Waals surface area contributed by atoms with Crippen LogP contribution in [0.15, 0.2) is 30.3 Å². The third-order valence-electron chi connectivity index (χ3n) is 2.88. The lowest BCUT2D eigenvalue weighted by Crippen LogP contribution is -1.94. The van der Waals surface area contributed by atoms with E-state index in [0.29, 0.717) is 22.6 Å². The Kier molecular flexibility index (Phi) is 1.98. The molecule has 3 aromatic rings. The molecular formula is C13H9FN2O. The summed E-state index contributed by atoms with van der Waals surface area (Å²) in [6, 6.07) is 8.19. The van der Waals surface area contributed by atoms with Gasteiger partial charge in [-0.1, -0.05) is 0 Å². The van der Waals surface area contributed by atoms with Crippen LogP contribution in [0, 0.1) is 12.7 Å². The van der Waals surface area contributed by atoms with Gasteiger partial charge in [0.15, 0.2) is 6.29 Å². The highest BCUT2D eigenvalue weighted by molar-refractivity contribution is 5.87. The summed E-state index contributed by atoms with van der Waals surface area (Å²) in [5.41, 5.74) is 2.43. The fourth-order valence-electron chi connectivity index (χ4n) is 2.08. The molecule has 3 nitrogen and oxygen atoms in total. The van der Waals surface area contributed by atoms with Crippen molar-refractivity contribution in [2.75, 3.05) is 0 Å². The number of aromatic nitrogens is 2. The molecule has 0 aliphatic carbocycles. The van der Waals surface area contributed by atoms with E-state index in [-0.39, 0.29) is 5.82 Å². The van der Waals surface area contributed by atoms with Gasteiger partial charge in [-0.3, -0.25) is 9.20 Å². The molecule has 0 fully saturated rings. The molecule has 0 atom stereocenters. The normalized spacial score (nSPS) is 11.2. The summed E-state index contributed by atoms with van der Waals surface area (Å²) < 4.78 is 15.0. The molecule has 0 aliphatic heterocycles. The fraction of sp³-hybridized carbons (Fsp3) is 0.0769. The molecule has 0 bridgehead atoms. The standard InChI is InChI=1S/C13H9FN2O/c1-8-12(7-17)16-11-6-10(14)4-2-9(11)3-5-13(16)15-8/h2-7H,1H3. The van der Waals surface area contributed by atoms with Crippen molar-refractivity contribution >= 4 is 22.8 Å². The minimum Gasteiger partial charge on any atom is -0.296 e. The highest BCUT2D eigenvalue weighted by Crippen LogP contribution is 2.20. The van der Waals surface area contributed by atoms with Gasteiger partial charge in [-0.05, 0) is 42.6 Å². The van der Waals surface area contributed by atoms with Crippen molar-refractivity contribution in [2.24, 2.45) is 0 Å². The summed E-state index contributed by atoms with van der Waals surface area (Å²) in [5, 5.41) is 0.874. The van der Waals surface area contributed by atoms with E-state index in [2.05, 4.69) is 4.98 Å². The third kappa shape index (κ3) is 1.34. The van der Waals surface area contributed by atoms with Crippen molar-refractivity contribution in [3.05, 3.63) is 47.5 Å². The lowest BCUT2D eigenvalue weighted by molar-refractivity contribution is 0.111. The van der Waals surface area contributed by atoms with Crippen LogP contribution in [0.5, 0.6) is 0 Å². The molecule has 0 radical (unpaired) electrons. The maximum Gasteiger partial charge on any atom is 0.168 e. The Balaban J connectivity index is 2.60. The second-order valence-corrected chi connectivity index (χ2v) is 3.93. The quantitative estimate of drug-likeness (QED) is 0.600. The van der Waals surface area contributed by atoms with Crippen LogP contribution in [-0.2, 0) is 0 Å². The lowest BCUT2D eigenvalue weighted by atomic mass is 10.2. The van der Waals surface area contributed by atoms with Gasteiger partial charge in [0.1, 0.15) is 17.2 Å². The predicted octanol–water partition coefficient (Wildman–Crippen LogP) is 2.75. The number of rotatable bonds is 1. The average molecular weight is 228 g/mol. The Morgan fingerprint density at radius 1 is 1.29 bits per heavy atom. The largest absolute Gasteiger partial charge is 0.296 e. The minimum absolute atomic E-state index is 0.326. The second kappa shape index (κ2) is 3.38. The molecule has 84 valence electrons. The maximum atomic E-state index is 13.3. The van der Waals surface area contributed by atoms with Crippen LogP contribution in [0.3, 0.4) is 0 Å². The lowest BCUT2D eigenvalue weighted by Gasteiger charge is -2.03. The Labute approximate surface area is 96.5 Å². The van der Waals surface area contributed by atoms with E-state index in [4.69, 9.17) is 0 Å². The Hall–Kier alpha value is -2.23. The van der Waals surface area contributed by atoms with Gasteiger partial charge in [-0.2, -0.15) is 0 Å². The van der Waals surface area contributed by atoms with Crippen LogP contribution in [0.4, 0.5) is 4.39 Å². The number of fused-ring (bicyclic) bond motifs is 3. The maximum absolute atomic E-state index is 13.3. The molecule has 17 heavy (non-hydrogen) atoms. The summed E-state index contributed by atoms with van der Waals surface area (Å²) >= 11 is 0. The first-order valence-corrected chi connectivity index (χ1v) is 5.23. The van der Waals surface area contributed by atoms with E-state index < -0.39 is 0 Å². The van der Waals surface area contributed by atoms with Gasteiger partial charge in [0.05, 0.1) is 11.2 Å². The van der Waals surface area contributed by atoms with Crippen LogP contribution >= 0.6 is 0 Å². The molecule has 4 heteroatoms.